The van der Waals surface area contributed by atoms with Crippen LogP contribution < -0.4 is 0 Å². The Morgan fingerprint density at radius 2 is 1.68 bits per heavy atom. The molecular weight excluding hydrogens is 397 g/mol. The van der Waals surface area contributed by atoms with Crippen molar-refractivity contribution in [3.8, 4) is 0 Å². The van der Waals surface area contributed by atoms with Crippen molar-refractivity contribution in [2.24, 2.45) is 5.92 Å². The molecule has 0 bridgehead atoms. The van der Waals surface area contributed by atoms with Crippen LogP contribution in [0.4, 0.5) is 4.39 Å². The van der Waals surface area contributed by atoms with Gasteiger partial charge in [-0.3, -0.25) is 0 Å². The number of rotatable bonds is 8. The number of likely N-dealkylation sites (tertiary alicyclic amines) is 1. The monoisotopic (exact) mass is 423 g/mol. The van der Waals surface area contributed by atoms with E-state index in [1.165, 1.54) is 24.3 Å². The fraction of sp³-hybridized carbons (Fsp3) is 0.455. The van der Waals surface area contributed by atoms with Gasteiger partial charge in [-0.1, -0.05) is 30.3 Å². The Morgan fingerprint density at radius 3 is 2.32 bits per heavy atom. The van der Waals surface area contributed by atoms with Gasteiger partial charge in [0, 0.05) is 0 Å². The van der Waals surface area contributed by atoms with Crippen LogP contribution in [0.3, 0.4) is 0 Å². The number of alkyl halides is 1. The van der Waals surface area contributed by atoms with Gasteiger partial charge in [-0.25, -0.2) is 12.8 Å². The van der Waals surface area contributed by atoms with Crippen LogP contribution in [0.15, 0.2) is 59.5 Å². The van der Waals surface area contributed by atoms with Crippen LogP contribution in [-0.2, 0) is 9.84 Å². The lowest BCUT2D eigenvalue weighted by molar-refractivity contribution is 0.180. The number of nitrogens with zero attached hydrogens (tertiary/aromatic N) is 1. The van der Waals surface area contributed by atoms with Crippen LogP contribution in [-0.4, -0.2) is 38.7 Å². The van der Waals surface area contributed by atoms with E-state index in [4.69, 9.17) is 11.6 Å². The Morgan fingerprint density at radius 1 is 1.04 bits per heavy atom. The van der Waals surface area contributed by atoms with Crippen molar-refractivity contribution in [2.75, 3.05) is 25.4 Å². The molecule has 28 heavy (non-hydrogen) atoms. The first-order chi connectivity index (χ1) is 13.4. The van der Waals surface area contributed by atoms with Gasteiger partial charge in [0.05, 0.1) is 16.0 Å². The Hall–Kier alpha value is -1.43. The summed E-state index contributed by atoms with van der Waals surface area (Å²) in [7, 11) is -3.34. The first-order valence-electron chi connectivity index (χ1n) is 9.84. The smallest absolute Gasteiger partial charge is 0.178 e. The van der Waals surface area contributed by atoms with E-state index in [0.29, 0.717) is 12.3 Å². The fourth-order valence-electron chi connectivity index (χ4n) is 3.70. The van der Waals surface area contributed by atoms with E-state index in [1.807, 2.05) is 18.2 Å². The van der Waals surface area contributed by atoms with Gasteiger partial charge >= 0.3 is 0 Å². The average Bonchev–Trinajstić information content (AvgIpc) is 2.72. The zero-order valence-corrected chi connectivity index (χ0v) is 17.5. The van der Waals surface area contributed by atoms with E-state index in [0.717, 1.165) is 44.5 Å². The summed E-state index contributed by atoms with van der Waals surface area (Å²) in [5, 5.41) is 0.0276. The third-order valence-electron chi connectivity index (χ3n) is 5.53. The minimum Gasteiger partial charge on any atom is -0.303 e. The van der Waals surface area contributed by atoms with Crippen LogP contribution in [0.5, 0.6) is 0 Å². The van der Waals surface area contributed by atoms with Gasteiger partial charge in [-0.2, -0.15) is 0 Å². The molecule has 152 valence electrons. The quantitative estimate of drug-likeness (QED) is 0.439. The first-order valence-corrected chi connectivity index (χ1v) is 11.9. The molecular formula is C22H27ClFNO2S. The van der Waals surface area contributed by atoms with Crippen molar-refractivity contribution in [3.63, 3.8) is 0 Å². The number of hydrogen-bond acceptors (Lipinski definition) is 3. The highest BCUT2D eigenvalue weighted by molar-refractivity contribution is 7.91. The Balaban J connectivity index is 1.40. The summed E-state index contributed by atoms with van der Waals surface area (Å²) in [6, 6.07) is 15.2. The van der Waals surface area contributed by atoms with Crippen LogP contribution in [0.1, 0.15) is 36.6 Å². The van der Waals surface area contributed by atoms with Gasteiger partial charge in [0.15, 0.2) is 9.84 Å². The van der Waals surface area contributed by atoms with Gasteiger partial charge in [0.2, 0.25) is 0 Å². The second-order valence-corrected chi connectivity index (χ2v) is 10.1. The molecule has 1 aliphatic rings. The predicted octanol–water partition coefficient (Wildman–Crippen LogP) is 5.07. The van der Waals surface area contributed by atoms with Crippen LogP contribution in [0.2, 0.25) is 0 Å². The zero-order chi connectivity index (χ0) is 20.0. The van der Waals surface area contributed by atoms with Crippen LogP contribution in [0, 0.1) is 11.7 Å². The third-order valence-corrected chi connectivity index (χ3v) is 7.77. The van der Waals surface area contributed by atoms with Crippen LogP contribution >= 0.6 is 11.6 Å². The molecule has 0 spiro atoms. The number of halogens is 2. The lowest BCUT2D eigenvalue weighted by Crippen LogP contribution is -2.35. The highest BCUT2D eigenvalue weighted by atomic mass is 35.5. The molecule has 1 heterocycles. The van der Waals surface area contributed by atoms with E-state index in [1.54, 1.807) is 0 Å². The SMILES string of the molecule is O=S(=O)(CCC1CCN(CC[C@@H](Cl)c2ccccc2)CC1)c1ccc(F)cc1. The molecule has 2 aromatic rings. The molecule has 6 heteroatoms. The number of piperidine rings is 1. The number of benzene rings is 2. The Kier molecular flexibility index (Phi) is 7.49. The molecule has 2 aromatic carbocycles. The molecule has 3 rings (SSSR count). The molecule has 0 unspecified atom stereocenters. The van der Waals surface area contributed by atoms with E-state index < -0.39 is 15.7 Å². The molecule has 1 fully saturated rings. The zero-order valence-electron chi connectivity index (χ0n) is 15.9. The molecule has 0 N–H and O–H groups in total. The molecule has 0 radical (unpaired) electrons. The minimum atomic E-state index is -3.34. The maximum Gasteiger partial charge on any atom is 0.178 e. The second kappa shape index (κ2) is 9.86. The second-order valence-electron chi connectivity index (χ2n) is 7.51. The van der Waals surface area contributed by atoms with Gasteiger partial charge < -0.3 is 4.90 Å². The van der Waals surface area contributed by atoms with Crippen molar-refractivity contribution in [3.05, 3.63) is 66.0 Å². The third kappa shape index (κ3) is 6.03. The van der Waals surface area contributed by atoms with Gasteiger partial charge in [0.1, 0.15) is 5.82 Å². The summed E-state index contributed by atoms with van der Waals surface area (Å²) in [6.07, 6.45) is 3.60. The van der Waals surface area contributed by atoms with E-state index in [9.17, 15) is 12.8 Å². The molecule has 0 amide bonds. The standard InChI is InChI=1S/C22H27ClFNO2S/c23-22(19-4-2-1-3-5-19)12-16-25-14-10-18(11-15-25)13-17-28(26,27)21-8-6-20(24)7-9-21/h1-9,18,22H,10-17H2/t22-/m1/s1. The molecule has 1 aliphatic heterocycles. The normalized spacial score (nSPS) is 17.5. The highest BCUT2D eigenvalue weighted by Crippen LogP contribution is 2.27. The van der Waals surface area contributed by atoms with Crippen molar-refractivity contribution in [2.45, 2.75) is 36.0 Å². The lowest BCUT2D eigenvalue weighted by Gasteiger charge is -2.32. The number of sulfone groups is 1. The van der Waals surface area contributed by atoms with E-state index >= 15 is 0 Å². The average molecular weight is 424 g/mol. The molecule has 1 atom stereocenters. The van der Waals surface area contributed by atoms with Crippen molar-refractivity contribution >= 4 is 21.4 Å². The lowest BCUT2D eigenvalue weighted by atomic mass is 9.94. The molecule has 0 aliphatic carbocycles. The summed E-state index contributed by atoms with van der Waals surface area (Å²) in [5.74, 6) is 0.131. The molecule has 1 saturated heterocycles. The maximum absolute atomic E-state index is 13.0. The van der Waals surface area contributed by atoms with Gasteiger partial charge in [-0.05, 0) is 81.1 Å². The molecule has 3 nitrogen and oxygen atoms in total. The summed E-state index contributed by atoms with van der Waals surface area (Å²) >= 11 is 6.51. The fourth-order valence-corrected chi connectivity index (χ4v) is 5.38. The van der Waals surface area contributed by atoms with Gasteiger partial charge in [-0.15, -0.1) is 11.6 Å². The summed E-state index contributed by atoms with van der Waals surface area (Å²) in [5.41, 5.74) is 1.16. The van der Waals surface area contributed by atoms with Crippen molar-refractivity contribution in [1.82, 2.24) is 4.90 Å². The summed E-state index contributed by atoms with van der Waals surface area (Å²) < 4.78 is 37.8. The van der Waals surface area contributed by atoms with Crippen molar-refractivity contribution in [1.29, 1.82) is 0 Å². The summed E-state index contributed by atoms with van der Waals surface area (Å²) in [6.45, 7) is 2.93. The topological polar surface area (TPSA) is 37.4 Å². The Labute approximate surface area is 172 Å². The highest BCUT2D eigenvalue weighted by Gasteiger charge is 2.23. The Bertz CT molecular complexity index is 835. The maximum atomic E-state index is 13.0. The predicted molar refractivity (Wildman–Crippen MR) is 112 cm³/mol. The first kappa shape index (κ1) is 21.3. The minimum absolute atomic E-state index is 0.0276. The van der Waals surface area contributed by atoms with Crippen molar-refractivity contribution < 1.29 is 12.8 Å². The number of hydrogen-bond donors (Lipinski definition) is 0. The summed E-state index contributed by atoms with van der Waals surface area (Å²) in [4.78, 5) is 2.63. The van der Waals surface area contributed by atoms with Crippen LogP contribution in [0.25, 0.3) is 0 Å². The van der Waals surface area contributed by atoms with Gasteiger partial charge in [0.25, 0.3) is 0 Å². The van der Waals surface area contributed by atoms with E-state index in [-0.39, 0.29) is 16.0 Å². The largest absolute Gasteiger partial charge is 0.303 e. The molecule has 0 aromatic heterocycles. The van der Waals surface area contributed by atoms with E-state index in [2.05, 4.69) is 17.0 Å². The molecule has 0 saturated carbocycles.